The quantitative estimate of drug-likeness (QED) is 0.216. The van der Waals surface area contributed by atoms with Crippen LogP contribution in [0.3, 0.4) is 0 Å². The average molecular weight is 648 g/mol. The van der Waals surface area contributed by atoms with Gasteiger partial charge in [-0.15, -0.1) is 0 Å². The highest BCUT2D eigenvalue weighted by Gasteiger charge is 2.38. The van der Waals surface area contributed by atoms with E-state index in [0.717, 1.165) is 30.3 Å². The van der Waals surface area contributed by atoms with E-state index in [1.807, 2.05) is 11.8 Å². The molecule has 1 amide bonds. The number of pyridine rings is 2. The summed E-state index contributed by atoms with van der Waals surface area (Å²) in [4.78, 5) is 36.8. The molecule has 1 fully saturated rings. The maximum Gasteiger partial charge on any atom is 0.340 e. The Morgan fingerprint density at radius 2 is 1.74 bits per heavy atom. The zero-order valence-electron chi connectivity index (χ0n) is 25.2. The van der Waals surface area contributed by atoms with Gasteiger partial charge in [0.05, 0.1) is 34.9 Å². The molecule has 13 heteroatoms. The number of hydrogen-bond acceptors (Lipinski definition) is 9. The predicted octanol–water partition coefficient (Wildman–Crippen LogP) is 4.22. The van der Waals surface area contributed by atoms with Gasteiger partial charge in [-0.05, 0) is 42.7 Å². The number of benzene rings is 2. The number of nitrogens with zero attached hydrogens (tertiary/aromatic N) is 3. The first-order chi connectivity index (χ1) is 22.5. The molecule has 1 unspecified atom stereocenters. The van der Waals surface area contributed by atoms with Crippen LogP contribution in [0.4, 0.5) is 24.5 Å². The Hall–Kier alpha value is -4.85. The minimum atomic E-state index is -1.49. The van der Waals surface area contributed by atoms with E-state index in [2.05, 4.69) is 15.3 Å². The lowest BCUT2D eigenvalue weighted by molar-refractivity contribution is -0.160. The number of fused-ring (bicyclic) bond motifs is 1. The van der Waals surface area contributed by atoms with E-state index in [-0.39, 0.29) is 23.8 Å². The Morgan fingerprint density at radius 1 is 1.02 bits per heavy atom. The molecule has 1 aliphatic heterocycles. The second-order valence-electron chi connectivity index (χ2n) is 11.8. The van der Waals surface area contributed by atoms with E-state index in [1.54, 1.807) is 30.3 Å². The number of anilines is 2. The number of piperidine rings is 1. The van der Waals surface area contributed by atoms with E-state index >= 15 is 0 Å². The number of ether oxygens (including phenoxy) is 1. The molecule has 1 saturated heterocycles. The van der Waals surface area contributed by atoms with Gasteiger partial charge in [0.1, 0.15) is 34.9 Å². The fourth-order valence-corrected chi connectivity index (χ4v) is 6.19. The van der Waals surface area contributed by atoms with Gasteiger partial charge in [-0.2, -0.15) is 0 Å². The number of carbonyl (C=O) groups excluding carboxylic acids is 2. The molecule has 5 N–H and O–H groups in total. The lowest BCUT2D eigenvalue weighted by Gasteiger charge is -2.41. The summed E-state index contributed by atoms with van der Waals surface area (Å²) in [7, 11) is 0. The Balaban J connectivity index is 1.33. The number of amides is 1. The highest BCUT2D eigenvalue weighted by Crippen LogP contribution is 2.43. The third-order valence-corrected chi connectivity index (χ3v) is 8.55. The summed E-state index contributed by atoms with van der Waals surface area (Å²) in [5.74, 6) is -4.97. The lowest BCUT2D eigenvalue weighted by atomic mass is 9.92. The number of aromatic nitrogens is 2. The van der Waals surface area contributed by atoms with Gasteiger partial charge in [-0.3, -0.25) is 9.78 Å². The SMILES string of the molecule is C[C@H]1CN(c2c(NC(=O)c3ccc(F)c(-c4c(F)cccc4F)n3)cnc3c2CC[C@H]3OC(=O)C(O)c2ccccc2)C[C@@H](N)[C@@H]1O. The summed E-state index contributed by atoms with van der Waals surface area (Å²) in [5, 5.41) is 23.9. The maximum absolute atomic E-state index is 14.7. The molecular formula is C34H32F3N5O5. The molecular weight excluding hydrogens is 615 g/mol. The molecule has 47 heavy (non-hydrogen) atoms. The van der Waals surface area contributed by atoms with Crippen molar-refractivity contribution in [1.29, 1.82) is 0 Å². The van der Waals surface area contributed by atoms with Crippen molar-refractivity contribution >= 4 is 23.3 Å². The third kappa shape index (κ3) is 6.29. The summed E-state index contributed by atoms with van der Waals surface area (Å²) in [6.45, 7) is 2.45. The number of rotatable bonds is 7. The van der Waals surface area contributed by atoms with E-state index < -0.39 is 64.9 Å². The predicted molar refractivity (Wildman–Crippen MR) is 166 cm³/mol. The fraction of sp³-hybridized carbons (Fsp3) is 0.294. The topological polar surface area (TPSA) is 151 Å². The zero-order chi connectivity index (χ0) is 33.4. The van der Waals surface area contributed by atoms with E-state index in [1.165, 1.54) is 6.20 Å². The largest absolute Gasteiger partial charge is 0.454 e. The number of hydrogen-bond donors (Lipinski definition) is 4. The Labute approximate surface area is 268 Å². The van der Waals surface area contributed by atoms with Crippen molar-refractivity contribution in [3.05, 3.63) is 107 Å². The van der Waals surface area contributed by atoms with E-state index in [9.17, 15) is 33.0 Å². The molecule has 2 aromatic heterocycles. The molecule has 0 bridgehead atoms. The van der Waals surface area contributed by atoms with Gasteiger partial charge >= 0.3 is 5.97 Å². The minimum absolute atomic E-state index is 0.230. The third-order valence-electron chi connectivity index (χ3n) is 8.55. The summed E-state index contributed by atoms with van der Waals surface area (Å²) in [5.41, 5.74) is 6.89. The van der Waals surface area contributed by atoms with Crippen molar-refractivity contribution < 1.29 is 37.7 Å². The number of nitrogens with two attached hydrogens (primary N) is 1. The van der Waals surface area contributed by atoms with Crippen LogP contribution in [0.2, 0.25) is 0 Å². The molecule has 2 aliphatic rings. The summed E-state index contributed by atoms with van der Waals surface area (Å²) >= 11 is 0. The van der Waals surface area contributed by atoms with Crippen molar-refractivity contribution in [3.63, 3.8) is 0 Å². The van der Waals surface area contributed by atoms with Crippen LogP contribution in [0.1, 0.15) is 52.9 Å². The smallest absolute Gasteiger partial charge is 0.340 e. The molecule has 6 rings (SSSR count). The van der Waals surface area contributed by atoms with Crippen LogP contribution in [-0.2, 0) is 16.0 Å². The van der Waals surface area contributed by atoms with Crippen LogP contribution in [0.25, 0.3) is 11.3 Å². The number of aliphatic hydroxyl groups is 2. The number of esters is 1. The maximum atomic E-state index is 14.7. The summed E-state index contributed by atoms with van der Waals surface area (Å²) in [6.07, 6.45) is -0.893. The van der Waals surface area contributed by atoms with Gasteiger partial charge < -0.3 is 30.9 Å². The van der Waals surface area contributed by atoms with Crippen LogP contribution < -0.4 is 16.0 Å². The van der Waals surface area contributed by atoms with Crippen molar-refractivity contribution in [3.8, 4) is 11.3 Å². The molecule has 0 radical (unpaired) electrons. The number of carbonyl (C=O) groups is 2. The molecule has 244 valence electrons. The Kier molecular flexibility index (Phi) is 8.95. The zero-order valence-corrected chi connectivity index (χ0v) is 25.2. The molecule has 0 spiro atoms. The van der Waals surface area contributed by atoms with Crippen LogP contribution in [-0.4, -0.2) is 57.3 Å². The van der Waals surface area contributed by atoms with Gasteiger partial charge in [0.15, 0.2) is 6.10 Å². The molecule has 0 saturated carbocycles. The van der Waals surface area contributed by atoms with Gasteiger partial charge in [-0.1, -0.05) is 43.3 Å². The summed E-state index contributed by atoms with van der Waals surface area (Å²) < 4.78 is 49.4. The Bertz CT molecular complexity index is 1800. The van der Waals surface area contributed by atoms with Crippen LogP contribution >= 0.6 is 0 Å². The lowest BCUT2D eigenvalue weighted by Crippen LogP contribution is -2.56. The van der Waals surface area contributed by atoms with Crippen molar-refractivity contribution in [2.24, 2.45) is 11.7 Å². The number of aliphatic hydroxyl groups excluding tert-OH is 2. The van der Waals surface area contributed by atoms with Crippen LogP contribution in [0, 0.1) is 23.4 Å². The molecule has 4 aromatic rings. The van der Waals surface area contributed by atoms with Crippen molar-refractivity contribution in [2.75, 3.05) is 23.3 Å². The monoisotopic (exact) mass is 647 g/mol. The Morgan fingerprint density at radius 3 is 2.45 bits per heavy atom. The minimum Gasteiger partial charge on any atom is -0.454 e. The van der Waals surface area contributed by atoms with Crippen LogP contribution in [0.15, 0.2) is 66.9 Å². The highest BCUT2D eigenvalue weighted by molar-refractivity contribution is 6.05. The first-order valence-corrected chi connectivity index (χ1v) is 15.1. The normalized spacial score (nSPS) is 21.2. The van der Waals surface area contributed by atoms with Crippen LogP contribution in [0.5, 0.6) is 0 Å². The number of nitrogens with one attached hydrogen (secondary N) is 1. The second kappa shape index (κ2) is 13.1. The average Bonchev–Trinajstić information content (AvgIpc) is 3.46. The summed E-state index contributed by atoms with van der Waals surface area (Å²) in [6, 6.07) is 12.8. The number of halogens is 3. The van der Waals surface area contributed by atoms with E-state index in [4.69, 9.17) is 10.5 Å². The van der Waals surface area contributed by atoms with Gasteiger partial charge in [0.25, 0.3) is 5.91 Å². The molecule has 10 nitrogen and oxygen atoms in total. The molecule has 5 atom stereocenters. The molecule has 3 heterocycles. The van der Waals surface area contributed by atoms with E-state index in [0.29, 0.717) is 41.9 Å². The van der Waals surface area contributed by atoms with Crippen molar-refractivity contribution in [2.45, 2.75) is 44.1 Å². The molecule has 2 aromatic carbocycles. The standard InChI is InChI=1S/C34H32F3N5O5/c1-17-15-42(16-23(38)31(17)43)30-19-10-13-26(47-34(46)32(44)18-6-3-2-4-7-18)28(19)39-14-25(30)41-33(45)24-12-11-22(37)29(40-24)27-20(35)8-5-9-21(27)36/h2-9,11-12,14,17,23,26,31-32,43-44H,10,13,15-16,38H2,1H3,(H,41,45)/t17-,23+,26+,31+,32?/m0/s1. The highest BCUT2D eigenvalue weighted by atomic mass is 19.1. The van der Waals surface area contributed by atoms with Gasteiger partial charge in [-0.25, -0.2) is 22.9 Å². The second-order valence-corrected chi connectivity index (χ2v) is 11.8. The fourth-order valence-electron chi connectivity index (χ4n) is 6.19. The first-order valence-electron chi connectivity index (χ1n) is 15.1. The van der Waals surface area contributed by atoms with Gasteiger partial charge in [0, 0.05) is 30.6 Å². The molecule has 1 aliphatic carbocycles. The van der Waals surface area contributed by atoms with Crippen molar-refractivity contribution in [1.82, 2.24) is 9.97 Å². The van der Waals surface area contributed by atoms with Gasteiger partial charge in [0.2, 0.25) is 0 Å². The first kappa shape index (κ1) is 32.1.